The van der Waals surface area contributed by atoms with E-state index in [1.807, 2.05) is 53.9 Å². The first kappa shape index (κ1) is 14.4. The summed E-state index contributed by atoms with van der Waals surface area (Å²) in [6, 6.07) is 14.7. The number of nitrogens with two attached hydrogens (primary N) is 1. The first-order valence-electron chi connectivity index (χ1n) is 6.84. The van der Waals surface area contributed by atoms with E-state index in [9.17, 15) is 4.79 Å². The van der Waals surface area contributed by atoms with Crippen LogP contribution in [-0.4, -0.2) is 10.9 Å². The van der Waals surface area contributed by atoms with Gasteiger partial charge in [0.25, 0.3) is 0 Å². The van der Waals surface area contributed by atoms with Gasteiger partial charge in [0.1, 0.15) is 6.04 Å². The van der Waals surface area contributed by atoms with E-state index in [2.05, 4.69) is 10.3 Å². The number of rotatable bonds is 4. The zero-order chi connectivity index (χ0) is 15.4. The van der Waals surface area contributed by atoms with Gasteiger partial charge in [-0.3, -0.25) is 9.78 Å². The predicted molar refractivity (Wildman–Crippen MR) is 89.6 cm³/mol. The molecule has 5 heteroatoms. The van der Waals surface area contributed by atoms with Gasteiger partial charge < -0.3 is 11.1 Å². The second kappa shape index (κ2) is 6.51. The number of aromatic nitrogens is 1. The zero-order valence-electron chi connectivity index (χ0n) is 11.8. The summed E-state index contributed by atoms with van der Waals surface area (Å²) >= 11 is 1.48. The van der Waals surface area contributed by atoms with Gasteiger partial charge in [0, 0.05) is 23.0 Å². The number of benzene rings is 1. The summed E-state index contributed by atoms with van der Waals surface area (Å²) in [5, 5.41) is 4.75. The summed E-state index contributed by atoms with van der Waals surface area (Å²) in [5.41, 5.74) is 8.83. The largest absolute Gasteiger partial charge is 0.324 e. The first-order chi connectivity index (χ1) is 10.7. The quantitative estimate of drug-likeness (QED) is 0.775. The fourth-order valence-corrected chi connectivity index (χ4v) is 2.83. The maximum Gasteiger partial charge on any atom is 0.246 e. The van der Waals surface area contributed by atoms with Gasteiger partial charge in [0.05, 0.1) is 0 Å². The Morgan fingerprint density at radius 1 is 1.05 bits per heavy atom. The van der Waals surface area contributed by atoms with Crippen LogP contribution in [-0.2, 0) is 4.79 Å². The van der Waals surface area contributed by atoms with Crippen molar-refractivity contribution in [3.8, 4) is 11.1 Å². The van der Waals surface area contributed by atoms with Crippen molar-refractivity contribution in [2.24, 2.45) is 5.73 Å². The Morgan fingerprint density at radius 3 is 2.36 bits per heavy atom. The Labute approximate surface area is 132 Å². The molecule has 0 radical (unpaired) electrons. The van der Waals surface area contributed by atoms with Crippen molar-refractivity contribution in [2.45, 2.75) is 6.04 Å². The second-order valence-corrected chi connectivity index (χ2v) is 5.77. The maximum absolute atomic E-state index is 12.1. The highest BCUT2D eigenvalue weighted by molar-refractivity contribution is 7.10. The van der Waals surface area contributed by atoms with Crippen LogP contribution in [0.2, 0.25) is 0 Å². The number of hydrogen-bond donors (Lipinski definition) is 2. The van der Waals surface area contributed by atoms with Gasteiger partial charge in [-0.25, -0.2) is 0 Å². The molecular formula is C17H15N3OS. The highest BCUT2D eigenvalue weighted by Crippen LogP contribution is 2.22. The number of nitrogens with zero attached hydrogens (tertiary/aromatic N) is 1. The van der Waals surface area contributed by atoms with Crippen molar-refractivity contribution in [2.75, 3.05) is 5.32 Å². The number of nitrogens with one attached hydrogen (secondary N) is 1. The maximum atomic E-state index is 12.1. The van der Waals surface area contributed by atoms with E-state index >= 15 is 0 Å². The Bertz CT molecular complexity index is 739. The lowest BCUT2D eigenvalue weighted by molar-refractivity contribution is -0.117. The Morgan fingerprint density at radius 2 is 1.73 bits per heavy atom. The molecule has 1 aromatic carbocycles. The van der Waals surface area contributed by atoms with Crippen LogP contribution in [0.25, 0.3) is 11.1 Å². The molecule has 0 bridgehead atoms. The summed E-state index contributed by atoms with van der Waals surface area (Å²) in [7, 11) is 0. The minimum atomic E-state index is -0.639. The van der Waals surface area contributed by atoms with E-state index in [-0.39, 0.29) is 5.91 Å². The van der Waals surface area contributed by atoms with Gasteiger partial charge in [0.15, 0.2) is 0 Å². The lowest BCUT2D eigenvalue weighted by Gasteiger charge is -2.11. The van der Waals surface area contributed by atoms with Crippen molar-refractivity contribution in [1.82, 2.24) is 4.98 Å². The minimum absolute atomic E-state index is 0.209. The Kier molecular flexibility index (Phi) is 4.27. The van der Waals surface area contributed by atoms with Crippen molar-refractivity contribution < 1.29 is 4.79 Å². The average molecular weight is 309 g/mol. The van der Waals surface area contributed by atoms with E-state index < -0.39 is 6.04 Å². The molecule has 0 saturated carbocycles. The van der Waals surface area contributed by atoms with Crippen LogP contribution in [0.3, 0.4) is 0 Å². The van der Waals surface area contributed by atoms with Crippen LogP contribution < -0.4 is 11.1 Å². The first-order valence-corrected chi connectivity index (χ1v) is 7.72. The van der Waals surface area contributed by atoms with Gasteiger partial charge in [0.2, 0.25) is 5.91 Å². The molecule has 0 aliphatic carbocycles. The molecule has 110 valence electrons. The molecular weight excluding hydrogens is 294 g/mol. The number of pyridine rings is 1. The van der Waals surface area contributed by atoms with Crippen LogP contribution in [0, 0.1) is 0 Å². The molecule has 3 N–H and O–H groups in total. The van der Waals surface area contributed by atoms with Crippen LogP contribution in [0.5, 0.6) is 0 Å². The van der Waals surface area contributed by atoms with E-state index in [1.165, 1.54) is 11.3 Å². The molecule has 1 atom stereocenters. The summed E-state index contributed by atoms with van der Waals surface area (Å²) < 4.78 is 0. The van der Waals surface area contributed by atoms with Gasteiger partial charge >= 0.3 is 0 Å². The summed E-state index contributed by atoms with van der Waals surface area (Å²) in [4.78, 5) is 17.0. The van der Waals surface area contributed by atoms with Gasteiger partial charge in [-0.2, -0.15) is 0 Å². The predicted octanol–water partition coefficient (Wildman–Crippen LogP) is 3.45. The highest BCUT2D eigenvalue weighted by atomic mass is 32.1. The average Bonchev–Trinajstić information content (AvgIpc) is 3.10. The van der Waals surface area contributed by atoms with E-state index in [0.717, 1.165) is 21.7 Å². The lowest BCUT2D eigenvalue weighted by atomic mass is 10.1. The topological polar surface area (TPSA) is 68.0 Å². The smallest absolute Gasteiger partial charge is 0.246 e. The van der Waals surface area contributed by atoms with Crippen molar-refractivity contribution in [1.29, 1.82) is 0 Å². The molecule has 4 nitrogen and oxygen atoms in total. The van der Waals surface area contributed by atoms with Gasteiger partial charge in [-0.05, 0) is 46.8 Å². The van der Waals surface area contributed by atoms with Crippen LogP contribution in [0.15, 0.2) is 66.3 Å². The standard InChI is InChI=1S/C17H15N3OS/c18-16(15-2-1-11-22-15)17(21)20-14-5-3-12(4-6-14)13-7-9-19-10-8-13/h1-11,16H,18H2,(H,20,21)/t16-/m1/s1. The zero-order valence-corrected chi connectivity index (χ0v) is 12.6. The third-order valence-electron chi connectivity index (χ3n) is 3.30. The number of carbonyl (C=O) groups is 1. The number of amides is 1. The molecule has 3 rings (SSSR count). The number of anilines is 1. The molecule has 0 saturated heterocycles. The third-order valence-corrected chi connectivity index (χ3v) is 4.25. The van der Waals surface area contributed by atoms with Gasteiger partial charge in [-0.1, -0.05) is 18.2 Å². The highest BCUT2D eigenvalue weighted by Gasteiger charge is 2.16. The van der Waals surface area contributed by atoms with Crippen molar-refractivity contribution in [3.63, 3.8) is 0 Å². The molecule has 1 amide bonds. The fraction of sp³-hybridized carbons (Fsp3) is 0.0588. The molecule has 0 aliphatic rings. The number of hydrogen-bond acceptors (Lipinski definition) is 4. The van der Waals surface area contributed by atoms with Crippen LogP contribution in [0.4, 0.5) is 5.69 Å². The van der Waals surface area contributed by atoms with E-state index in [0.29, 0.717) is 0 Å². The van der Waals surface area contributed by atoms with Crippen LogP contribution >= 0.6 is 11.3 Å². The molecule has 0 fully saturated rings. The molecule has 2 aromatic heterocycles. The fourth-order valence-electron chi connectivity index (χ4n) is 2.11. The minimum Gasteiger partial charge on any atom is -0.324 e. The monoisotopic (exact) mass is 309 g/mol. The molecule has 0 unspecified atom stereocenters. The van der Waals surface area contributed by atoms with Gasteiger partial charge in [-0.15, -0.1) is 11.3 Å². The second-order valence-electron chi connectivity index (χ2n) is 4.80. The van der Waals surface area contributed by atoms with Crippen molar-refractivity contribution >= 4 is 22.9 Å². The van der Waals surface area contributed by atoms with E-state index in [1.54, 1.807) is 12.4 Å². The summed E-state index contributed by atoms with van der Waals surface area (Å²) in [6.45, 7) is 0. The molecule has 3 aromatic rings. The van der Waals surface area contributed by atoms with E-state index in [4.69, 9.17) is 5.73 Å². The molecule has 0 aliphatic heterocycles. The number of carbonyl (C=O) groups excluding carboxylic acids is 1. The summed E-state index contributed by atoms with van der Waals surface area (Å²) in [6.07, 6.45) is 3.51. The lowest BCUT2D eigenvalue weighted by Crippen LogP contribution is -2.26. The molecule has 2 heterocycles. The third kappa shape index (κ3) is 3.21. The van der Waals surface area contributed by atoms with Crippen molar-refractivity contribution in [3.05, 3.63) is 71.2 Å². The van der Waals surface area contributed by atoms with Crippen LogP contribution in [0.1, 0.15) is 10.9 Å². The molecule has 0 spiro atoms. The summed E-state index contributed by atoms with van der Waals surface area (Å²) in [5.74, 6) is -0.209. The Hall–Kier alpha value is -2.50. The Balaban J connectivity index is 1.70. The number of thiophene rings is 1. The molecule has 22 heavy (non-hydrogen) atoms. The normalized spacial score (nSPS) is 11.9. The SMILES string of the molecule is N[C@@H](C(=O)Nc1ccc(-c2ccncc2)cc1)c1cccs1.